The summed E-state index contributed by atoms with van der Waals surface area (Å²) in [6, 6.07) is 9.15. The van der Waals surface area contributed by atoms with Gasteiger partial charge in [-0.1, -0.05) is 51.1 Å². The quantitative estimate of drug-likeness (QED) is 0.290. The monoisotopic (exact) mass is 411 g/mol. The summed E-state index contributed by atoms with van der Waals surface area (Å²) in [5.41, 5.74) is 0.508. The summed E-state index contributed by atoms with van der Waals surface area (Å²) < 4.78 is 15.9. The summed E-state index contributed by atoms with van der Waals surface area (Å²) in [5.74, 6) is -1.48. The Kier molecular flexibility index (Phi) is 9.64. The van der Waals surface area contributed by atoms with Crippen molar-refractivity contribution in [3.8, 4) is 0 Å². The molecule has 158 valence electrons. The standard InChI is InChI=1S/C20H33NO6Si/c1-20(2,3)17(14-27-28(5)6)16(18(22)25-4)12-21(24)19(23)26-13-15-10-8-7-9-11-15/h7-11,16-17,24,28H,12-14H2,1-6H3/t16-,17-/m1/s1. The molecule has 0 heterocycles. The van der Waals surface area contributed by atoms with E-state index in [9.17, 15) is 14.8 Å². The number of ether oxygens (including phenoxy) is 2. The Balaban J connectivity index is 2.84. The van der Waals surface area contributed by atoms with Crippen LogP contribution >= 0.6 is 0 Å². The second-order valence-corrected chi connectivity index (χ2v) is 10.5. The predicted molar refractivity (Wildman–Crippen MR) is 108 cm³/mol. The van der Waals surface area contributed by atoms with Crippen molar-refractivity contribution in [1.29, 1.82) is 0 Å². The second kappa shape index (κ2) is 11.2. The number of nitrogens with zero attached hydrogens (tertiary/aromatic N) is 1. The van der Waals surface area contributed by atoms with Crippen molar-refractivity contribution < 1.29 is 28.7 Å². The Hall–Kier alpha value is -1.90. The fourth-order valence-corrected chi connectivity index (χ4v) is 3.43. The van der Waals surface area contributed by atoms with Crippen molar-refractivity contribution in [2.75, 3.05) is 20.3 Å². The van der Waals surface area contributed by atoms with E-state index in [1.54, 1.807) is 0 Å². The van der Waals surface area contributed by atoms with E-state index in [0.717, 1.165) is 5.56 Å². The molecule has 7 nitrogen and oxygen atoms in total. The normalized spacial score (nSPS) is 13.7. The van der Waals surface area contributed by atoms with Crippen molar-refractivity contribution in [2.24, 2.45) is 17.3 Å². The third kappa shape index (κ3) is 8.00. The zero-order chi connectivity index (χ0) is 21.3. The zero-order valence-corrected chi connectivity index (χ0v) is 18.8. The highest BCUT2D eigenvalue weighted by Gasteiger charge is 2.39. The number of benzene rings is 1. The van der Waals surface area contributed by atoms with Gasteiger partial charge in [0.25, 0.3) is 0 Å². The number of hydrogen-bond donors (Lipinski definition) is 1. The van der Waals surface area contributed by atoms with Crippen molar-refractivity contribution >= 4 is 21.1 Å². The molecule has 0 spiro atoms. The maximum absolute atomic E-state index is 12.4. The lowest BCUT2D eigenvalue weighted by atomic mass is 9.73. The van der Waals surface area contributed by atoms with Gasteiger partial charge in [0.15, 0.2) is 9.04 Å². The molecule has 0 unspecified atom stereocenters. The second-order valence-electron chi connectivity index (χ2n) is 8.11. The molecule has 0 fully saturated rings. The molecule has 1 N–H and O–H groups in total. The molecular formula is C20H33NO6Si. The molecule has 0 aliphatic rings. The van der Waals surface area contributed by atoms with E-state index in [2.05, 4.69) is 0 Å². The van der Waals surface area contributed by atoms with Gasteiger partial charge in [0, 0.05) is 12.5 Å². The Labute approximate surface area is 169 Å². The van der Waals surface area contributed by atoms with Crippen LogP contribution in [0.15, 0.2) is 30.3 Å². The number of hydrogen-bond acceptors (Lipinski definition) is 6. The first-order chi connectivity index (χ1) is 13.1. The van der Waals surface area contributed by atoms with E-state index in [1.165, 1.54) is 7.11 Å². The lowest BCUT2D eigenvalue weighted by molar-refractivity contribution is -0.157. The number of amides is 1. The number of carbonyl (C=O) groups excluding carboxylic acids is 2. The van der Waals surface area contributed by atoms with Gasteiger partial charge in [-0.2, -0.15) is 5.06 Å². The fourth-order valence-electron chi connectivity index (χ4n) is 2.84. The van der Waals surface area contributed by atoms with Crippen molar-refractivity contribution in [3.63, 3.8) is 0 Å². The van der Waals surface area contributed by atoms with E-state index in [1.807, 2.05) is 64.2 Å². The van der Waals surface area contributed by atoms with Crippen molar-refractivity contribution in [2.45, 2.75) is 40.5 Å². The van der Waals surface area contributed by atoms with Crippen LogP contribution in [0.3, 0.4) is 0 Å². The molecule has 2 atom stereocenters. The van der Waals surface area contributed by atoms with Crippen molar-refractivity contribution in [1.82, 2.24) is 5.06 Å². The van der Waals surface area contributed by atoms with Crippen LogP contribution in [-0.4, -0.2) is 51.6 Å². The highest BCUT2D eigenvalue weighted by atomic mass is 28.3. The molecule has 0 aliphatic heterocycles. The topological polar surface area (TPSA) is 85.3 Å². The van der Waals surface area contributed by atoms with Crippen LogP contribution in [0.25, 0.3) is 0 Å². The average molecular weight is 412 g/mol. The largest absolute Gasteiger partial charge is 0.469 e. The number of carbonyl (C=O) groups is 2. The number of rotatable bonds is 9. The SMILES string of the molecule is COC(=O)[C@H](CN(O)C(=O)OCc1ccccc1)[C@@H](CO[SiH](C)C)C(C)(C)C. The van der Waals surface area contributed by atoms with Crippen LogP contribution in [0.5, 0.6) is 0 Å². The Morgan fingerprint density at radius 3 is 2.29 bits per heavy atom. The Morgan fingerprint density at radius 2 is 1.79 bits per heavy atom. The van der Waals surface area contributed by atoms with Gasteiger partial charge in [-0.05, 0) is 24.1 Å². The molecular weight excluding hydrogens is 378 g/mol. The van der Waals surface area contributed by atoms with Crippen LogP contribution in [0.1, 0.15) is 26.3 Å². The number of hydroxylamine groups is 2. The zero-order valence-electron chi connectivity index (χ0n) is 17.7. The summed E-state index contributed by atoms with van der Waals surface area (Å²) in [6.45, 7) is 10.2. The predicted octanol–water partition coefficient (Wildman–Crippen LogP) is 3.47. The molecule has 0 saturated carbocycles. The van der Waals surface area contributed by atoms with Gasteiger partial charge >= 0.3 is 12.1 Å². The molecule has 1 aromatic carbocycles. The molecule has 8 heteroatoms. The first-order valence-corrected chi connectivity index (χ1v) is 12.2. The third-order valence-corrected chi connectivity index (χ3v) is 5.36. The van der Waals surface area contributed by atoms with E-state index in [4.69, 9.17) is 13.9 Å². The van der Waals surface area contributed by atoms with Gasteiger partial charge in [-0.3, -0.25) is 10.0 Å². The molecule has 1 aromatic rings. The van der Waals surface area contributed by atoms with Gasteiger partial charge in [-0.25, -0.2) is 4.79 Å². The Morgan fingerprint density at radius 1 is 1.18 bits per heavy atom. The summed E-state index contributed by atoms with van der Waals surface area (Å²) >= 11 is 0. The maximum Gasteiger partial charge on any atom is 0.434 e. The van der Waals surface area contributed by atoms with Crippen LogP contribution < -0.4 is 0 Å². The Bertz CT molecular complexity index is 617. The first kappa shape index (κ1) is 24.1. The van der Waals surface area contributed by atoms with Gasteiger partial charge in [0.1, 0.15) is 6.61 Å². The summed E-state index contributed by atoms with van der Waals surface area (Å²) in [5, 5.41) is 10.7. The molecule has 1 amide bonds. The number of esters is 1. The molecule has 28 heavy (non-hydrogen) atoms. The molecule has 0 aromatic heterocycles. The fraction of sp³-hybridized carbons (Fsp3) is 0.600. The first-order valence-electron chi connectivity index (χ1n) is 9.42. The lowest BCUT2D eigenvalue weighted by Gasteiger charge is -2.37. The van der Waals surface area contributed by atoms with E-state index in [-0.39, 0.29) is 24.5 Å². The molecule has 1 rings (SSSR count). The van der Waals surface area contributed by atoms with Crippen LogP contribution in [0, 0.1) is 17.3 Å². The molecule has 0 bridgehead atoms. The minimum Gasteiger partial charge on any atom is -0.469 e. The van der Waals surface area contributed by atoms with Crippen molar-refractivity contribution in [3.05, 3.63) is 35.9 Å². The summed E-state index contributed by atoms with van der Waals surface area (Å²) in [6.07, 6.45) is -0.912. The minimum atomic E-state index is -1.30. The summed E-state index contributed by atoms with van der Waals surface area (Å²) in [7, 11) is -0.00712. The number of methoxy groups -OCH3 is 1. The highest BCUT2D eigenvalue weighted by molar-refractivity contribution is 6.48. The van der Waals surface area contributed by atoms with Crippen LogP contribution in [-0.2, 0) is 25.3 Å². The molecule has 0 saturated heterocycles. The van der Waals surface area contributed by atoms with Gasteiger partial charge < -0.3 is 13.9 Å². The highest BCUT2D eigenvalue weighted by Crippen LogP contribution is 2.34. The molecule has 0 aliphatic carbocycles. The van der Waals surface area contributed by atoms with Gasteiger partial charge in [-0.15, -0.1) is 0 Å². The van der Waals surface area contributed by atoms with Gasteiger partial charge in [0.05, 0.1) is 19.6 Å². The van der Waals surface area contributed by atoms with Gasteiger partial charge in [0.2, 0.25) is 0 Å². The smallest absolute Gasteiger partial charge is 0.434 e. The van der Waals surface area contributed by atoms with E-state index < -0.39 is 27.0 Å². The van der Waals surface area contributed by atoms with E-state index in [0.29, 0.717) is 11.7 Å². The lowest BCUT2D eigenvalue weighted by Crippen LogP contribution is -2.45. The summed E-state index contributed by atoms with van der Waals surface area (Å²) in [4.78, 5) is 24.6. The third-order valence-electron chi connectivity index (χ3n) is 4.50. The minimum absolute atomic E-state index is 0.0321. The average Bonchev–Trinajstić information content (AvgIpc) is 2.64. The van der Waals surface area contributed by atoms with Crippen LogP contribution in [0.2, 0.25) is 13.1 Å². The van der Waals surface area contributed by atoms with E-state index >= 15 is 0 Å². The maximum atomic E-state index is 12.4. The molecule has 0 radical (unpaired) electrons. The van der Waals surface area contributed by atoms with Crippen LogP contribution in [0.4, 0.5) is 4.79 Å².